The summed E-state index contributed by atoms with van der Waals surface area (Å²) in [4.78, 5) is 15.6. The highest BCUT2D eigenvalue weighted by atomic mass is 32.2. The van der Waals surface area contributed by atoms with E-state index < -0.39 is 0 Å². The summed E-state index contributed by atoms with van der Waals surface area (Å²) in [6.45, 7) is 0.427. The molecule has 0 spiro atoms. The maximum Gasteiger partial charge on any atom is 0.252 e. The van der Waals surface area contributed by atoms with E-state index in [1.165, 1.54) is 6.20 Å². The van der Waals surface area contributed by atoms with Crippen molar-refractivity contribution in [2.45, 2.75) is 0 Å². The molecule has 0 saturated carbocycles. The third-order valence-electron chi connectivity index (χ3n) is 1.90. The van der Waals surface area contributed by atoms with Crippen molar-refractivity contribution in [3.63, 3.8) is 0 Å². The third kappa shape index (κ3) is 4.89. The van der Waals surface area contributed by atoms with Crippen LogP contribution < -0.4 is 5.32 Å². The summed E-state index contributed by atoms with van der Waals surface area (Å²) in [6, 6.07) is 1.66. The van der Waals surface area contributed by atoms with E-state index in [4.69, 9.17) is 5.11 Å². The Bertz CT molecular complexity index is 438. The monoisotopic (exact) mass is 250 g/mol. The summed E-state index contributed by atoms with van der Waals surface area (Å²) < 4.78 is 0. The lowest BCUT2D eigenvalue weighted by Crippen LogP contribution is -2.25. The first kappa shape index (κ1) is 13.6. The molecule has 0 unspecified atom stereocenters. The van der Waals surface area contributed by atoms with Gasteiger partial charge in [0.25, 0.3) is 5.91 Å². The van der Waals surface area contributed by atoms with Gasteiger partial charge < -0.3 is 10.4 Å². The van der Waals surface area contributed by atoms with E-state index in [1.54, 1.807) is 24.0 Å². The van der Waals surface area contributed by atoms with Gasteiger partial charge in [-0.15, -0.1) is 0 Å². The Balaban J connectivity index is 2.67. The summed E-state index contributed by atoms with van der Waals surface area (Å²) in [5, 5.41) is 11.4. The molecule has 0 saturated heterocycles. The first-order valence-electron chi connectivity index (χ1n) is 5.10. The van der Waals surface area contributed by atoms with Crippen molar-refractivity contribution < 1.29 is 9.90 Å². The van der Waals surface area contributed by atoms with Crippen LogP contribution in [-0.2, 0) is 0 Å². The van der Waals surface area contributed by atoms with Gasteiger partial charge in [0.1, 0.15) is 6.61 Å². The van der Waals surface area contributed by atoms with Crippen molar-refractivity contribution in [2.75, 3.05) is 25.2 Å². The summed E-state index contributed by atoms with van der Waals surface area (Å²) in [5.74, 6) is 5.95. The molecule has 1 rings (SSSR count). The second-order valence-corrected chi connectivity index (χ2v) is 4.16. The van der Waals surface area contributed by atoms with E-state index in [0.717, 1.165) is 5.75 Å². The minimum Gasteiger partial charge on any atom is -0.384 e. The summed E-state index contributed by atoms with van der Waals surface area (Å²) in [5.41, 5.74) is 1.10. The van der Waals surface area contributed by atoms with Gasteiger partial charge >= 0.3 is 0 Å². The number of hydrogen-bond donors (Lipinski definition) is 2. The molecule has 2 N–H and O–H groups in total. The lowest BCUT2D eigenvalue weighted by atomic mass is 10.2. The number of carbonyl (C=O) groups excluding carboxylic acids is 1. The fourth-order valence-electron chi connectivity index (χ4n) is 1.14. The quantitative estimate of drug-likeness (QED) is 0.604. The molecule has 90 valence electrons. The molecule has 0 fully saturated rings. The van der Waals surface area contributed by atoms with E-state index >= 15 is 0 Å². The first-order chi connectivity index (χ1) is 8.27. The van der Waals surface area contributed by atoms with Crippen LogP contribution in [0, 0.1) is 11.8 Å². The fourth-order valence-corrected chi connectivity index (χ4v) is 1.45. The SMILES string of the molecule is CSCCNC(=O)c1cncc(C#CCO)c1. The number of rotatable bonds is 4. The molecule has 17 heavy (non-hydrogen) atoms. The van der Waals surface area contributed by atoms with E-state index in [-0.39, 0.29) is 12.5 Å². The molecule has 0 aliphatic carbocycles. The third-order valence-corrected chi connectivity index (χ3v) is 2.52. The average Bonchev–Trinajstić information content (AvgIpc) is 2.37. The van der Waals surface area contributed by atoms with Gasteiger partial charge in [-0.3, -0.25) is 9.78 Å². The van der Waals surface area contributed by atoms with Crippen LogP contribution in [0.15, 0.2) is 18.5 Å². The van der Waals surface area contributed by atoms with Gasteiger partial charge in [0, 0.05) is 30.3 Å². The number of amides is 1. The van der Waals surface area contributed by atoms with Gasteiger partial charge in [-0.25, -0.2) is 0 Å². The van der Waals surface area contributed by atoms with Crippen LogP contribution in [0.3, 0.4) is 0 Å². The minimum absolute atomic E-state index is 0.154. The van der Waals surface area contributed by atoms with Gasteiger partial charge in [0.15, 0.2) is 0 Å². The highest BCUT2D eigenvalue weighted by Gasteiger charge is 2.05. The van der Waals surface area contributed by atoms with Crippen LogP contribution in [0.1, 0.15) is 15.9 Å². The Morgan fingerprint density at radius 3 is 3.12 bits per heavy atom. The molecule has 0 aliphatic rings. The molecule has 1 aromatic heterocycles. The van der Waals surface area contributed by atoms with Crippen molar-refractivity contribution in [3.05, 3.63) is 29.6 Å². The number of hydrogen-bond acceptors (Lipinski definition) is 4. The molecular formula is C12H14N2O2S. The lowest BCUT2D eigenvalue weighted by molar-refractivity contribution is 0.0956. The molecule has 4 nitrogen and oxygen atoms in total. The molecule has 0 atom stereocenters. The summed E-state index contributed by atoms with van der Waals surface area (Å²) in [6.07, 6.45) is 5.04. The summed E-state index contributed by atoms with van der Waals surface area (Å²) >= 11 is 1.67. The Labute approximate surface area is 105 Å². The first-order valence-corrected chi connectivity index (χ1v) is 6.49. The number of aromatic nitrogens is 1. The zero-order chi connectivity index (χ0) is 12.5. The molecule has 5 heteroatoms. The molecule has 0 aromatic carbocycles. The second-order valence-electron chi connectivity index (χ2n) is 3.17. The molecule has 0 radical (unpaired) electrons. The van der Waals surface area contributed by atoms with Crippen LogP contribution >= 0.6 is 11.8 Å². The molecule has 1 heterocycles. The van der Waals surface area contributed by atoms with Gasteiger partial charge in [-0.2, -0.15) is 11.8 Å². The lowest BCUT2D eigenvalue weighted by Gasteiger charge is -2.03. The van der Waals surface area contributed by atoms with Crippen LogP contribution in [0.5, 0.6) is 0 Å². The maximum atomic E-state index is 11.7. The van der Waals surface area contributed by atoms with E-state index in [0.29, 0.717) is 17.7 Å². The highest BCUT2D eigenvalue weighted by Crippen LogP contribution is 2.01. The Morgan fingerprint density at radius 2 is 2.41 bits per heavy atom. The molecule has 0 bridgehead atoms. The predicted molar refractivity (Wildman–Crippen MR) is 68.9 cm³/mol. The zero-order valence-corrected chi connectivity index (χ0v) is 10.4. The normalized spacial score (nSPS) is 9.29. The molecule has 0 aliphatic heterocycles. The van der Waals surface area contributed by atoms with Crippen LogP contribution in [0.4, 0.5) is 0 Å². The minimum atomic E-state index is -0.204. The Morgan fingerprint density at radius 1 is 1.59 bits per heavy atom. The smallest absolute Gasteiger partial charge is 0.252 e. The number of pyridine rings is 1. The second kappa shape index (κ2) is 7.71. The van der Waals surface area contributed by atoms with E-state index in [2.05, 4.69) is 22.1 Å². The van der Waals surface area contributed by atoms with Crippen LogP contribution in [-0.4, -0.2) is 41.2 Å². The van der Waals surface area contributed by atoms with Crippen LogP contribution in [0.2, 0.25) is 0 Å². The highest BCUT2D eigenvalue weighted by molar-refractivity contribution is 7.98. The standard InChI is InChI=1S/C12H14N2O2S/c1-17-6-4-14-12(16)11-7-10(3-2-5-15)8-13-9-11/h7-9,15H,4-6H2,1H3,(H,14,16). The van der Waals surface area contributed by atoms with Gasteiger partial charge in [-0.05, 0) is 12.3 Å². The van der Waals surface area contributed by atoms with Crippen molar-refractivity contribution in [1.82, 2.24) is 10.3 Å². The number of aliphatic hydroxyl groups excluding tert-OH is 1. The van der Waals surface area contributed by atoms with Crippen molar-refractivity contribution in [2.24, 2.45) is 0 Å². The van der Waals surface area contributed by atoms with E-state index in [9.17, 15) is 4.79 Å². The zero-order valence-electron chi connectivity index (χ0n) is 9.56. The number of aliphatic hydroxyl groups is 1. The number of thioether (sulfide) groups is 1. The van der Waals surface area contributed by atoms with Gasteiger partial charge in [0.2, 0.25) is 0 Å². The Hall–Kier alpha value is -1.51. The van der Waals surface area contributed by atoms with Gasteiger partial charge in [0.05, 0.1) is 5.56 Å². The summed E-state index contributed by atoms with van der Waals surface area (Å²) in [7, 11) is 0. The van der Waals surface area contributed by atoms with Crippen molar-refractivity contribution in [3.8, 4) is 11.8 Å². The number of carbonyl (C=O) groups is 1. The van der Waals surface area contributed by atoms with Crippen LogP contribution in [0.25, 0.3) is 0 Å². The predicted octanol–water partition coefficient (Wildman–Crippen LogP) is 0.518. The molecular weight excluding hydrogens is 236 g/mol. The topological polar surface area (TPSA) is 62.2 Å². The number of nitrogens with zero attached hydrogens (tertiary/aromatic N) is 1. The molecule has 1 aromatic rings. The average molecular weight is 250 g/mol. The Kier molecular flexibility index (Phi) is 6.15. The fraction of sp³-hybridized carbons (Fsp3) is 0.333. The van der Waals surface area contributed by atoms with Crippen molar-refractivity contribution >= 4 is 17.7 Å². The molecule has 1 amide bonds. The number of nitrogens with one attached hydrogen (secondary N) is 1. The largest absolute Gasteiger partial charge is 0.384 e. The van der Waals surface area contributed by atoms with Crippen molar-refractivity contribution in [1.29, 1.82) is 0 Å². The maximum absolute atomic E-state index is 11.7. The van der Waals surface area contributed by atoms with Gasteiger partial charge in [-0.1, -0.05) is 11.8 Å². The van der Waals surface area contributed by atoms with E-state index in [1.807, 2.05) is 6.26 Å².